The molecule has 0 saturated carbocycles. The van der Waals surface area contributed by atoms with Gasteiger partial charge in [0.1, 0.15) is 17.8 Å². The Bertz CT molecular complexity index is 1210. The molecule has 2 N–H and O–H groups in total. The third kappa shape index (κ3) is 4.38. The fraction of sp³-hybridized carbons (Fsp3) is 0.280. The molecule has 0 radical (unpaired) electrons. The minimum Gasteiger partial charge on any atom is -0.494 e. The predicted octanol–water partition coefficient (Wildman–Crippen LogP) is 4.31. The van der Waals surface area contributed by atoms with Crippen molar-refractivity contribution in [3.8, 4) is 17.0 Å². The number of amides is 4. The number of aromatic nitrogens is 1. The van der Waals surface area contributed by atoms with Gasteiger partial charge < -0.3 is 15.4 Å². The lowest BCUT2D eigenvalue weighted by atomic mass is 9.87. The summed E-state index contributed by atoms with van der Waals surface area (Å²) < 4.78 is 5.48. The smallest absolute Gasteiger partial charge is 0.325 e. The van der Waals surface area contributed by atoms with Crippen molar-refractivity contribution in [3.63, 3.8) is 0 Å². The van der Waals surface area contributed by atoms with Gasteiger partial charge in [0.15, 0.2) is 5.13 Å². The Labute approximate surface area is 202 Å². The molecule has 1 aliphatic rings. The summed E-state index contributed by atoms with van der Waals surface area (Å²) in [6.07, 6.45) is 0.372. The number of ether oxygens (including phenoxy) is 1. The molecule has 8 nitrogen and oxygen atoms in total. The first-order chi connectivity index (χ1) is 16.4. The number of anilines is 1. The molecule has 1 atom stereocenters. The highest BCUT2D eigenvalue weighted by Crippen LogP contribution is 2.33. The van der Waals surface area contributed by atoms with Gasteiger partial charge in [0, 0.05) is 10.4 Å². The highest BCUT2D eigenvalue weighted by molar-refractivity contribution is 7.16. The maximum atomic E-state index is 13.2. The first kappa shape index (κ1) is 23.4. The number of imide groups is 1. The van der Waals surface area contributed by atoms with Crippen molar-refractivity contribution >= 4 is 34.3 Å². The molecule has 0 aliphatic carbocycles. The SMILES string of the molecule is CCOc1ccc(-c2nc(NC(=O)CN3C(=O)N[C@@](CC)(c4ccccc4)C3=O)sc2C)cc1. The number of thiazole rings is 1. The summed E-state index contributed by atoms with van der Waals surface area (Å²) in [7, 11) is 0. The standard InChI is InChI=1S/C25H26N4O4S/c1-4-25(18-9-7-6-8-10-18)22(31)29(24(32)28-25)15-20(30)26-23-27-21(16(3)34-23)17-11-13-19(14-12-17)33-5-2/h6-14H,4-5,15H2,1-3H3,(H,28,32)(H,26,27,30)/t25-/m0/s1. The van der Waals surface area contributed by atoms with Crippen LogP contribution in [0.2, 0.25) is 0 Å². The molecule has 1 fully saturated rings. The van der Waals surface area contributed by atoms with E-state index in [1.165, 1.54) is 11.3 Å². The number of rotatable bonds is 8. The average molecular weight is 479 g/mol. The number of nitrogens with zero attached hydrogens (tertiary/aromatic N) is 2. The summed E-state index contributed by atoms with van der Waals surface area (Å²) >= 11 is 1.33. The van der Waals surface area contributed by atoms with Crippen LogP contribution >= 0.6 is 11.3 Å². The molecule has 0 spiro atoms. The molecule has 1 aromatic heterocycles. The molecule has 1 saturated heterocycles. The summed E-state index contributed by atoms with van der Waals surface area (Å²) in [6.45, 7) is 5.88. The molecule has 2 aromatic carbocycles. The third-order valence-corrected chi connectivity index (χ3v) is 6.64. The molecular weight excluding hydrogens is 452 g/mol. The van der Waals surface area contributed by atoms with Crippen molar-refractivity contribution in [2.75, 3.05) is 18.5 Å². The number of benzene rings is 2. The molecule has 34 heavy (non-hydrogen) atoms. The Morgan fingerprint density at radius 2 is 1.82 bits per heavy atom. The second-order valence-electron chi connectivity index (χ2n) is 7.88. The first-order valence-electron chi connectivity index (χ1n) is 11.1. The summed E-state index contributed by atoms with van der Waals surface area (Å²) in [5, 5.41) is 5.92. The Balaban J connectivity index is 1.46. The fourth-order valence-electron chi connectivity index (χ4n) is 4.03. The van der Waals surface area contributed by atoms with Crippen molar-refractivity contribution in [1.29, 1.82) is 0 Å². The molecule has 4 amide bonds. The molecule has 3 aromatic rings. The number of carbonyl (C=O) groups is 3. The molecule has 2 heterocycles. The maximum Gasteiger partial charge on any atom is 0.325 e. The van der Waals surface area contributed by atoms with Gasteiger partial charge in [-0.15, -0.1) is 11.3 Å². The number of carbonyl (C=O) groups excluding carboxylic acids is 3. The highest BCUT2D eigenvalue weighted by Gasteiger charge is 2.51. The minimum atomic E-state index is -1.17. The number of hydrogen-bond acceptors (Lipinski definition) is 6. The van der Waals surface area contributed by atoms with E-state index < -0.39 is 29.9 Å². The molecule has 4 rings (SSSR count). The van der Waals surface area contributed by atoms with Crippen LogP contribution in [0.3, 0.4) is 0 Å². The number of hydrogen-bond donors (Lipinski definition) is 2. The summed E-state index contributed by atoms with van der Waals surface area (Å²) in [5.41, 5.74) is 1.18. The van der Waals surface area contributed by atoms with E-state index in [2.05, 4.69) is 15.6 Å². The molecule has 1 aliphatic heterocycles. The lowest BCUT2D eigenvalue weighted by Gasteiger charge is -2.25. The predicted molar refractivity (Wildman–Crippen MR) is 131 cm³/mol. The van der Waals surface area contributed by atoms with Gasteiger partial charge in [0.2, 0.25) is 5.91 Å². The zero-order valence-corrected chi connectivity index (χ0v) is 20.1. The monoisotopic (exact) mass is 478 g/mol. The van der Waals surface area contributed by atoms with Gasteiger partial charge in [-0.2, -0.15) is 0 Å². The fourth-order valence-corrected chi connectivity index (χ4v) is 4.88. The molecular formula is C25H26N4O4S. The Kier molecular flexibility index (Phi) is 6.65. The van der Waals surface area contributed by atoms with Crippen LogP contribution in [0.15, 0.2) is 54.6 Å². The van der Waals surface area contributed by atoms with Gasteiger partial charge in [0.05, 0.1) is 12.3 Å². The highest BCUT2D eigenvalue weighted by atomic mass is 32.1. The lowest BCUT2D eigenvalue weighted by molar-refractivity contribution is -0.134. The van der Waals surface area contributed by atoms with E-state index in [1.807, 2.05) is 63.2 Å². The summed E-state index contributed by atoms with van der Waals surface area (Å²) in [4.78, 5) is 45.0. The van der Waals surface area contributed by atoms with Gasteiger partial charge in [-0.1, -0.05) is 37.3 Å². The molecule has 176 valence electrons. The van der Waals surface area contributed by atoms with Crippen LogP contribution in [-0.4, -0.2) is 40.9 Å². The Morgan fingerprint density at radius 3 is 2.47 bits per heavy atom. The average Bonchev–Trinajstić information content (AvgIpc) is 3.32. The Morgan fingerprint density at radius 1 is 1.12 bits per heavy atom. The van der Waals surface area contributed by atoms with Crippen molar-refractivity contribution in [3.05, 3.63) is 65.0 Å². The van der Waals surface area contributed by atoms with E-state index in [0.717, 1.165) is 26.8 Å². The van der Waals surface area contributed by atoms with Gasteiger partial charge in [0.25, 0.3) is 5.91 Å². The van der Waals surface area contributed by atoms with Crippen LogP contribution in [-0.2, 0) is 15.1 Å². The topological polar surface area (TPSA) is 101 Å². The van der Waals surface area contributed by atoms with Gasteiger partial charge in [-0.25, -0.2) is 9.78 Å². The van der Waals surface area contributed by atoms with E-state index in [4.69, 9.17) is 4.74 Å². The van der Waals surface area contributed by atoms with Crippen LogP contribution in [0.5, 0.6) is 5.75 Å². The van der Waals surface area contributed by atoms with Crippen LogP contribution in [0.25, 0.3) is 11.3 Å². The second kappa shape index (κ2) is 9.64. The largest absolute Gasteiger partial charge is 0.494 e. The number of urea groups is 1. The van der Waals surface area contributed by atoms with Gasteiger partial charge in [-0.3, -0.25) is 14.5 Å². The van der Waals surface area contributed by atoms with Crippen LogP contribution in [0.1, 0.15) is 30.7 Å². The number of aryl methyl sites for hydroxylation is 1. The van der Waals surface area contributed by atoms with E-state index in [1.54, 1.807) is 12.1 Å². The molecule has 0 bridgehead atoms. The van der Waals surface area contributed by atoms with Gasteiger partial charge >= 0.3 is 6.03 Å². The van der Waals surface area contributed by atoms with Crippen molar-refractivity contribution in [2.45, 2.75) is 32.7 Å². The van der Waals surface area contributed by atoms with E-state index in [-0.39, 0.29) is 0 Å². The Hall–Kier alpha value is -3.72. The molecule has 0 unspecified atom stereocenters. The normalized spacial score (nSPS) is 17.6. The van der Waals surface area contributed by atoms with Crippen LogP contribution in [0, 0.1) is 6.92 Å². The third-order valence-electron chi connectivity index (χ3n) is 5.76. The second-order valence-corrected chi connectivity index (χ2v) is 9.08. The van der Waals surface area contributed by atoms with E-state index >= 15 is 0 Å². The van der Waals surface area contributed by atoms with E-state index in [9.17, 15) is 14.4 Å². The van der Waals surface area contributed by atoms with Crippen molar-refractivity contribution in [2.24, 2.45) is 0 Å². The summed E-state index contributed by atoms with van der Waals surface area (Å²) in [5.74, 6) is -0.151. The lowest BCUT2D eigenvalue weighted by Crippen LogP contribution is -2.44. The van der Waals surface area contributed by atoms with Gasteiger partial charge in [-0.05, 0) is 50.1 Å². The van der Waals surface area contributed by atoms with E-state index in [0.29, 0.717) is 23.7 Å². The number of nitrogens with one attached hydrogen (secondary N) is 2. The summed E-state index contributed by atoms with van der Waals surface area (Å²) in [6, 6.07) is 16.1. The van der Waals surface area contributed by atoms with Crippen molar-refractivity contribution < 1.29 is 19.1 Å². The van der Waals surface area contributed by atoms with Crippen LogP contribution < -0.4 is 15.4 Å². The molecule has 9 heteroatoms. The zero-order valence-electron chi connectivity index (χ0n) is 19.3. The first-order valence-corrected chi connectivity index (χ1v) is 11.9. The van der Waals surface area contributed by atoms with Crippen LogP contribution in [0.4, 0.5) is 9.93 Å². The minimum absolute atomic E-state index is 0.372. The quantitative estimate of drug-likeness (QED) is 0.470. The zero-order chi connectivity index (χ0) is 24.3. The van der Waals surface area contributed by atoms with Crippen molar-refractivity contribution in [1.82, 2.24) is 15.2 Å². The maximum absolute atomic E-state index is 13.2.